The smallest absolute Gasteiger partial charge is 0.407 e. The Morgan fingerprint density at radius 1 is 0.560 bits per heavy atom. The molecule has 6 rings (SSSR count). The monoisotopic (exact) mass is 1540 g/mol. The number of nitrogens with two attached hydrogens (primary N) is 1. The second-order valence-corrected chi connectivity index (χ2v) is 32.5. The number of guanidine groups is 2. The molecule has 0 saturated heterocycles. The molecule has 0 fully saturated rings. The van der Waals surface area contributed by atoms with E-state index in [2.05, 4.69) is 57.9 Å². The highest BCUT2D eigenvalue weighted by Crippen LogP contribution is 2.45. The SMILES string of the molecule is Cc1c(C)c(S(=O)(=O)NC(=N)NCCC[C@@H](NC(=O)CNC(=O)[C@H](Cc2ccc(OC(C)(C)C)cc2)NC(=O)OCC2c3ccccc3-c3ccccc32)C(=O)N[C@@H](CCCCNC(=O)OC(C)(C)C)C(=O)N[C@@H](CCCCNC(=O)OC(C)(C)C)C(=O)N[C@@H](CCCNC(=N)N)C(=O)O)c(C)c2c1OC(C)(C)C2. The van der Waals surface area contributed by atoms with Gasteiger partial charge in [0.15, 0.2) is 5.96 Å². The first kappa shape index (κ1) is 87.5. The largest absolute Gasteiger partial charge is 0.488 e. The zero-order valence-corrected chi connectivity index (χ0v) is 65.9. The van der Waals surface area contributed by atoms with E-state index in [9.17, 15) is 51.9 Å². The molecule has 109 heavy (non-hydrogen) atoms. The van der Waals surface area contributed by atoms with Crippen LogP contribution in [0.3, 0.4) is 0 Å². The van der Waals surface area contributed by atoms with Crippen molar-refractivity contribution < 1.29 is 80.4 Å². The number of unbranched alkanes of at least 4 members (excludes halogenated alkanes) is 2. The van der Waals surface area contributed by atoms with Crippen molar-refractivity contribution in [1.29, 1.82) is 10.8 Å². The van der Waals surface area contributed by atoms with Gasteiger partial charge in [0.25, 0.3) is 10.0 Å². The van der Waals surface area contributed by atoms with Gasteiger partial charge in [0.2, 0.25) is 35.5 Å². The van der Waals surface area contributed by atoms with E-state index in [1.165, 1.54) is 0 Å². The summed E-state index contributed by atoms with van der Waals surface area (Å²) in [5, 5.41) is 52.9. The van der Waals surface area contributed by atoms with Crippen LogP contribution in [0.2, 0.25) is 0 Å². The Bertz CT molecular complexity index is 3990. The van der Waals surface area contributed by atoms with Gasteiger partial charge < -0.3 is 87.7 Å². The number of rotatable bonds is 37. The maximum atomic E-state index is 15.0. The predicted octanol–water partition coefficient (Wildman–Crippen LogP) is 7.03. The first-order valence-electron chi connectivity index (χ1n) is 36.8. The number of ether oxygens (including phenoxy) is 5. The molecule has 31 nitrogen and oxygen atoms in total. The molecule has 0 unspecified atom stereocenters. The summed E-state index contributed by atoms with van der Waals surface area (Å²) < 4.78 is 59.4. The first-order valence-corrected chi connectivity index (χ1v) is 38.3. The number of hydrogen-bond acceptors (Lipinski definition) is 18. The maximum absolute atomic E-state index is 15.0. The minimum absolute atomic E-state index is 0.0139. The highest BCUT2D eigenvalue weighted by Gasteiger charge is 2.38. The summed E-state index contributed by atoms with van der Waals surface area (Å²) in [5.41, 5.74) is 9.46. The van der Waals surface area contributed by atoms with Gasteiger partial charge in [-0.05, 0) is 218 Å². The van der Waals surface area contributed by atoms with Crippen LogP contribution in [0.25, 0.3) is 11.1 Å². The van der Waals surface area contributed by atoms with Crippen molar-refractivity contribution in [2.75, 3.05) is 39.3 Å². The molecule has 4 aromatic carbocycles. The number of carboxylic acid groups (broad SMARTS) is 1. The van der Waals surface area contributed by atoms with Crippen LogP contribution in [0.5, 0.6) is 11.5 Å². The minimum Gasteiger partial charge on any atom is -0.488 e. The number of amides is 8. The van der Waals surface area contributed by atoms with Gasteiger partial charge in [0.05, 0.1) is 11.4 Å². The summed E-state index contributed by atoms with van der Waals surface area (Å²) in [6.45, 7) is 23.9. The number of alkyl carbamates (subject to hydrolysis) is 3. The molecule has 0 radical (unpaired) electrons. The van der Waals surface area contributed by atoms with Crippen LogP contribution in [0.4, 0.5) is 14.4 Å². The predicted molar refractivity (Wildman–Crippen MR) is 411 cm³/mol. The second kappa shape index (κ2) is 39.1. The zero-order valence-electron chi connectivity index (χ0n) is 65.1. The molecule has 0 spiro atoms. The molecule has 598 valence electrons. The van der Waals surface area contributed by atoms with Crippen LogP contribution in [-0.4, -0.2) is 171 Å². The fraction of sp³-hybridized carbons (Fsp3) is 0.545. The Morgan fingerprint density at radius 2 is 1.04 bits per heavy atom. The van der Waals surface area contributed by atoms with Gasteiger partial charge in [-0.3, -0.25) is 34.8 Å². The third-order valence-electron chi connectivity index (χ3n) is 17.6. The standard InChI is InChI=1S/C77H112N14O17S/c1-45-46(2)63(47(3)54-42-77(13,14)106-62(45)54)109(102,103)91-70(80)82-40-23-31-56(86-61(92)43-85-64(93)60(41-48-33-35-49(36-34-48)105-74(4,5)6)90-73(101)104-44-55-52-27-17-15-25-50(52)51-26-16-18-28-53(51)55)65(94)87-57(29-19-21-37-83-71(99)107-75(7,8)9)66(95)88-58(30-20-22-38-84-72(100)108-76(10,11)12)67(96)89-59(68(97)98)32-24-39-81-69(78)79/h15-18,25-28,33-36,55-60H,19-24,29-32,37-44H2,1-14H3,(H,83,99)(H,84,100)(H,85,93)(H,86,92)(H,87,94)(H,88,95)(H,89,96)(H,90,101)(H,97,98)(H4,78,79,81)(H3,80,82,91)/t56-,57+,58+,59+,60+/m1/s1. The Hall–Kier alpha value is -10.4. The number of carboxylic acids is 1. The highest BCUT2D eigenvalue weighted by molar-refractivity contribution is 7.90. The number of nitrogens with one attached hydrogen (secondary N) is 13. The van der Waals surface area contributed by atoms with Gasteiger partial charge in [0.1, 0.15) is 70.7 Å². The number of hydrogen-bond donors (Lipinski definition) is 15. The molecule has 1 heterocycles. The van der Waals surface area contributed by atoms with Gasteiger partial charge in [-0.15, -0.1) is 0 Å². The molecular formula is C77H112N14O17S. The molecule has 0 saturated carbocycles. The van der Waals surface area contributed by atoms with Crippen molar-refractivity contribution in [3.05, 3.63) is 112 Å². The number of carbonyl (C=O) groups excluding carboxylic acids is 8. The summed E-state index contributed by atoms with van der Waals surface area (Å²) in [6, 6.07) is 15.1. The van der Waals surface area contributed by atoms with Gasteiger partial charge in [-0.1, -0.05) is 60.7 Å². The lowest BCUT2D eigenvalue weighted by Crippen LogP contribution is -2.58. The average molecular weight is 1540 g/mol. The molecule has 0 bridgehead atoms. The van der Waals surface area contributed by atoms with Crippen molar-refractivity contribution in [1.82, 2.24) is 57.9 Å². The summed E-state index contributed by atoms with van der Waals surface area (Å²) in [4.78, 5) is 125. The summed E-state index contributed by atoms with van der Waals surface area (Å²) in [5.74, 6) is -6.07. The average Bonchev–Trinajstić information content (AvgIpc) is 1.64. The van der Waals surface area contributed by atoms with Crippen molar-refractivity contribution in [2.24, 2.45) is 5.73 Å². The van der Waals surface area contributed by atoms with Gasteiger partial charge in [0, 0.05) is 50.5 Å². The Balaban J connectivity index is 1.27. The molecule has 1 aliphatic carbocycles. The van der Waals surface area contributed by atoms with E-state index < -0.39 is 129 Å². The lowest BCUT2D eigenvalue weighted by atomic mass is 9.94. The molecule has 8 amide bonds. The van der Waals surface area contributed by atoms with Crippen molar-refractivity contribution in [3.63, 3.8) is 0 Å². The molecule has 0 aromatic heterocycles. The third-order valence-corrected chi connectivity index (χ3v) is 19.2. The number of aliphatic carboxylic acids is 1. The van der Waals surface area contributed by atoms with Crippen molar-refractivity contribution >= 4 is 75.7 Å². The number of fused-ring (bicyclic) bond motifs is 4. The summed E-state index contributed by atoms with van der Waals surface area (Å²) in [7, 11) is -4.39. The molecule has 1 aliphatic heterocycles. The minimum atomic E-state index is -4.39. The molecule has 16 N–H and O–H groups in total. The van der Waals surface area contributed by atoms with Crippen LogP contribution < -0.4 is 73.1 Å². The Kier molecular flexibility index (Phi) is 31.4. The van der Waals surface area contributed by atoms with Crippen LogP contribution >= 0.6 is 0 Å². The van der Waals surface area contributed by atoms with Crippen molar-refractivity contribution in [2.45, 2.75) is 237 Å². The number of benzene rings is 4. The van der Waals surface area contributed by atoms with Crippen molar-refractivity contribution in [3.8, 4) is 22.6 Å². The first-order chi connectivity index (χ1) is 51.0. The lowest BCUT2D eigenvalue weighted by molar-refractivity contribution is -0.142. The molecule has 2 aliphatic rings. The van der Waals surface area contributed by atoms with Gasteiger partial charge >= 0.3 is 24.2 Å². The van der Waals surface area contributed by atoms with E-state index in [1.54, 1.807) is 86.6 Å². The number of carbonyl (C=O) groups is 9. The highest BCUT2D eigenvalue weighted by atomic mass is 32.2. The van der Waals surface area contributed by atoms with Crippen LogP contribution in [0, 0.1) is 31.6 Å². The van der Waals surface area contributed by atoms with Gasteiger partial charge in [-0.25, -0.2) is 32.3 Å². The van der Waals surface area contributed by atoms with E-state index in [-0.39, 0.29) is 120 Å². The van der Waals surface area contributed by atoms with Crippen LogP contribution in [0.15, 0.2) is 77.7 Å². The van der Waals surface area contributed by atoms with Crippen LogP contribution in [0.1, 0.15) is 185 Å². The fourth-order valence-electron chi connectivity index (χ4n) is 12.6. The molecular weight excluding hydrogens is 1420 g/mol. The summed E-state index contributed by atoms with van der Waals surface area (Å²) in [6.07, 6.45) is -1.75. The maximum Gasteiger partial charge on any atom is 0.407 e. The van der Waals surface area contributed by atoms with E-state index in [0.29, 0.717) is 40.2 Å². The topological polar surface area (TPSA) is 460 Å². The van der Waals surface area contributed by atoms with Crippen LogP contribution in [-0.2, 0) is 65.8 Å². The van der Waals surface area contributed by atoms with E-state index in [0.717, 1.165) is 27.8 Å². The van der Waals surface area contributed by atoms with E-state index in [4.69, 9.17) is 40.2 Å². The Morgan fingerprint density at radius 3 is 1.54 bits per heavy atom. The summed E-state index contributed by atoms with van der Waals surface area (Å²) >= 11 is 0. The van der Waals surface area contributed by atoms with E-state index >= 15 is 4.79 Å². The lowest BCUT2D eigenvalue weighted by Gasteiger charge is -2.26. The Labute approximate surface area is 638 Å². The van der Waals surface area contributed by atoms with Gasteiger partial charge in [-0.2, -0.15) is 0 Å². The quantitative estimate of drug-likeness (QED) is 0.00932. The number of sulfonamides is 1. The third kappa shape index (κ3) is 28.3. The second-order valence-electron chi connectivity index (χ2n) is 30.9. The molecule has 5 atom stereocenters. The van der Waals surface area contributed by atoms with E-state index in [1.807, 2.05) is 83.1 Å². The normalized spacial score (nSPS) is 14.3. The fourth-order valence-corrected chi connectivity index (χ4v) is 14.1. The zero-order chi connectivity index (χ0) is 80.8. The molecule has 4 aromatic rings. The molecule has 32 heteroatoms.